The van der Waals surface area contributed by atoms with E-state index in [9.17, 15) is 4.79 Å². The Morgan fingerprint density at radius 1 is 1.33 bits per heavy atom. The number of hydrogen-bond donors (Lipinski definition) is 2. The molecular weight excluding hydrogens is 256 g/mol. The van der Waals surface area contributed by atoms with E-state index in [-0.39, 0.29) is 5.91 Å². The normalized spacial score (nSPS) is 14.2. The molecule has 5 nitrogen and oxygen atoms in total. The molecule has 1 amide bonds. The van der Waals surface area contributed by atoms with E-state index in [0.717, 1.165) is 0 Å². The second-order valence-electron chi connectivity index (χ2n) is 4.65. The van der Waals surface area contributed by atoms with Crippen molar-refractivity contribution in [2.24, 2.45) is 5.73 Å². The summed E-state index contributed by atoms with van der Waals surface area (Å²) in [6, 6.07) is 3.26. The summed E-state index contributed by atoms with van der Waals surface area (Å²) in [6.45, 7) is 4.21. The zero-order valence-electron chi connectivity index (χ0n) is 10.2. The summed E-state index contributed by atoms with van der Waals surface area (Å²) in [7, 11) is 0. The highest BCUT2D eigenvalue weighted by Crippen LogP contribution is 2.38. The molecule has 3 N–H and O–H groups in total. The van der Waals surface area contributed by atoms with Crippen LogP contribution in [0.2, 0.25) is 5.02 Å². The van der Waals surface area contributed by atoms with Crippen molar-refractivity contribution in [2.75, 3.05) is 18.5 Å². The molecular formula is C12H15ClN2O3. The van der Waals surface area contributed by atoms with Crippen LogP contribution in [0, 0.1) is 0 Å². The summed E-state index contributed by atoms with van der Waals surface area (Å²) < 4.78 is 10.8. The lowest BCUT2D eigenvalue weighted by Crippen LogP contribution is -2.45. The van der Waals surface area contributed by atoms with E-state index in [2.05, 4.69) is 5.32 Å². The van der Waals surface area contributed by atoms with Crippen molar-refractivity contribution in [1.82, 2.24) is 0 Å². The minimum atomic E-state index is -0.976. The molecule has 1 aliphatic heterocycles. The molecule has 6 heteroatoms. The van der Waals surface area contributed by atoms with E-state index in [1.165, 1.54) is 0 Å². The maximum Gasteiger partial charge on any atom is 0.243 e. The standard InChI is InChI=1S/C12H15ClN2O3/c1-12(2,14)11(16)15-8-6-10-9(5-7(8)13)17-3-4-18-10/h5-6H,3-4,14H2,1-2H3,(H,15,16). The number of hydrogen-bond acceptors (Lipinski definition) is 4. The van der Waals surface area contributed by atoms with Gasteiger partial charge in [-0.3, -0.25) is 4.79 Å². The monoisotopic (exact) mass is 270 g/mol. The Bertz CT molecular complexity index is 483. The van der Waals surface area contributed by atoms with Gasteiger partial charge in [-0.25, -0.2) is 0 Å². The zero-order chi connectivity index (χ0) is 13.3. The molecule has 0 atom stereocenters. The van der Waals surface area contributed by atoms with Crippen LogP contribution in [0.15, 0.2) is 12.1 Å². The van der Waals surface area contributed by atoms with Crippen LogP contribution in [-0.2, 0) is 4.79 Å². The van der Waals surface area contributed by atoms with Crippen molar-refractivity contribution in [3.05, 3.63) is 17.2 Å². The number of carbonyl (C=O) groups excluding carboxylic acids is 1. The molecule has 0 spiro atoms. The highest BCUT2D eigenvalue weighted by molar-refractivity contribution is 6.34. The van der Waals surface area contributed by atoms with Gasteiger partial charge in [0.25, 0.3) is 0 Å². The third-order valence-electron chi connectivity index (χ3n) is 2.47. The molecule has 0 fully saturated rings. The first-order chi connectivity index (χ1) is 8.38. The number of nitrogens with two attached hydrogens (primary N) is 1. The molecule has 1 aliphatic rings. The Labute approximate surface area is 110 Å². The number of rotatable bonds is 2. The highest BCUT2D eigenvalue weighted by atomic mass is 35.5. The van der Waals surface area contributed by atoms with E-state index in [4.69, 9.17) is 26.8 Å². The minimum absolute atomic E-state index is 0.318. The van der Waals surface area contributed by atoms with Gasteiger partial charge in [-0.15, -0.1) is 0 Å². The zero-order valence-corrected chi connectivity index (χ0v) is 11.0. The molecule has 0 saturated heterocycles. The number of fused-ring (bicyclic) bond motifs is 1. The van der Waals surface area contributed by atoms with Crippen LogP contribution in [0.25, 0.3) is 0 Å². The Hall–Kier alpha value is -1.46. The second kappa shape index (κ2) is 4.66. The maximum atomic E-state index is 11.8. The first-order valence-corrected chi connectivity index (χ1v) is 5.95. The predicted molar refractivity (Wildman–Crippen MR) is 69.3 cm³/mol. The van der Waals surface area contributed by atoms with Gasteiger partial charge in [-0.1, -0.05) is 11.6 Å². The van der Waals surface area contributed by atoms with Crippen molar-refractivity contribution < 1.29 is 14.3 Å². The Balaban J connectivity index is 2.26. The summed E-state index contributed by atoms with van der Waals surface area (Å²) >= 11 is 6.06. The molecule has 18 heavy (non-hydrogen) atoms. The van der Waals surface area contributed by atoms with Gasteiger partial charge in [0.1, 0.15) is 13.2 Å². The lowest BCUT2D eigenvalue weighted by molar-refractivity contribution is -0.120. The average molecular weight is 271 g/mol. The van der Waals surface area contributed by atoms with E-state index in [1.807, 2.05) is 0 Å². The number of benzene rings is 1. The molecule has 1 aromatic carbocycles. The SMILES string of the molecule is CC(C)(N)C(=O)Nc1cc2c(cc1Cl)OCCO2. The van der Waals surface area contributed by atoms with Gasteiger partial charge in [-0.2, -0.15) is 0 Å². The van der Waals surface area contributed by atoms with E-state index in [0.29, 0.717) is 35.4 Å². The number of halogens is 1. The van der Waals surface area contributed by atoms with Gasteiger partial charge < -0.3 is 20.5 Å². The molecule has 98 valence electrons. The first-order valence-electron chi connectivity index (χ1n) is 5.57. The third-order valence-corrected chi connectivity index (χ3v) is 2.78. The summed E-state index contributed by atoms with van der Waals surface area (Å²) in [5.41, 5.74) is 5.19. The van der Waals surface area contributed by atoms with Crippen molar-refractivity contribution in [3.63, 3.8) is 0 Å². The van der Waals surface area contributed by atoms with Crippen molar-refractivity contribution in [2.45, 2.75) is 19.4 Å². The lowest BCUT2D eigenvalue weighted by atomic mass is 10.1. The number of anilines is 1. The maximum absolute atomic E-state index is 11.8. The van der Waals surface area contributed by atoms with Gasteiger partial charge in [0.15, 0.2) is 11.5 Å². The number of amides is 1. The Kier molecular flexibility index (Phi) is 3.36. The van der Waals surface area contributed by atoms with Crippen LogP contribution in [0.3, 0.4) is 0 Å². The molecule has 0 aliphatic carbocycles. The van der Waals surface area contributed by atoms with Crippen LogP contribution in [0.4, 0.5) is 5.69 Å². The van der Waals surface area contributed by atoms with Crippen LogP contribution in [0.5, 0.6) is 11.5 Å². The second-order valence-corrected chi connectivity index (χ2v) is 5.06. The highest BCUT2D eigenvalue weighted by Gasteiger charge is 2.24. The Morgan fingerprint density at radius 3 is 2.44 bits per heavy atom. The summed E-state index contributed by atoms with van der Waals surface area (Å²) in [5, 5.41) is 3.05. The van der Waals surface area contributed by atoms with Crippen molar-refractivity contribution in [3.8, 4) is 11.5 Å². The van der Waals surface area contributed by atoms with Gasteiger partial charge in [0.05, 0.1) is 16.2 Å². The third kappa shape index (κ3) is 2.68. The fraction of sp³-hybridized carbons (Fsp3) is 0.417. The average Bonchev–Trinajstić information content (AvgIpc) is 2.28. The largest absolute Gasteiger partial charge is 0.486 e. The van der Waals surface area contributed by atoms with Gasteiger partial charge in [0.2, 0.25) is 5.91 Å². The fourth-order valence-corrected chi connectivity index (χ4v) is 1.64. The lowest BCUT2D eigenvalue weighted by Gasteiger charge is -2.22. The van der Waals surface area contributed by atoms with E-state index < -0.39 is 5.54 Å². The number of ether oxygens (including phenoxy) is 2. The van der Waals surface area contributed by atoms with Crippen LogP contribution in [0.1, 0.15) is 13.8 Å². The molecule has 1 aromatic rings. The predicted octanol–water partition coefficient (Wildman–Crippen LogP) is 1.79. The minimum Gasteiger partial charge on any atom is -0.486 e. The first kappa shape index (κ1) is 13.0. The summed E-state index contributed by atoms with van der Waals surface area (Å²) in [4.78, 5) is 11.8. The summed E-state index contributed by atoms with van der Waals surface area (Å²) in [6.07, 6.45) is 0. The molecule has 0 bridgehead atoms. The summed E-state index contributed by atoms with van der Waals surface area (Å²) in [5.74, 6) is 0.827. The number of carbonyl (C=O) groups is 1. The molecule has 0 aromatic heterocycles. The van der Waals surface area contributed by atoms with Gasteiger partial charge in [0, 0.05) is 12.1 Å². The van der Waals surface area contributed by atoms with E-state index in [1.54, 1.807) is 26.0 Å². The Morgan fingerprint density at radius 2 is 1.89 bits per heavy atom. The fourth-order valence-electron chi connectivity index (χ4n) is 1.44. The quantitative estimate of drug-likeness (QED) is 0.859. The molecule has 1 heterocycles. The van der Waals surface area contributed by atoms with Crippen LogP contribution in [-0.4, -0.2) is 24.7 Å². The molecule has 0 saturated carbocycles. The molecule has 0 unspecified atom stereocenters. The number of nitrogens with one attached hydrogen (secondary N) is 1. The van der Waals surface area contributed by atoms with Gasteiger partial charge in [-0.05, 0) is 13.8 Å². The topological polar surface area (TPSA) is 73.6 Å². The van der Waals surface area contributed by atoms with Crippen LogP contribution >= 0.6 is 11.6 Å². The van der Waals surface area contributed by atoms with Gasteiger partial charge >= 0.3 is 0 Å². The molecule has 2 rings (SSSR count). The molecule has 0 radical (unpaired) electrons. The van der Waals surface area contributed by atoms with Crippen molar-refractivity contribution in [1.29, 1.82) is 0 Å². The smallest absolute Gasteiger partial charge is 0.243 e. The van der Waals surface area contributed by atoms with E-state index >= 15 is 0 Å². The van der Waals surface area contributed by atoms with Crippen molar-refractivity contribution >= 4 is 23.2 Å². The van der Waals surface area contributed by atoms with Crippen LogP contribution < -0.4 is 20.5 Å².